The number of aryl methyl sites for hydroxylation is 1. The van der Waals surface area contributed by atoms with Crippen molar-refractivity contribution in [2.45, 2.75) is 25.7 Å². The Morgan fingerprint density at radius 3 is 2.27 bits per heavy atom. The van der Waals surface area contributed by atoms with Crippen LogP contribution in [0.15, 0.2) is 24.3 Å². The van der Waals surface area contributed by atoms with Gasteiger partial charge in [0.2, 0.25) is 11.6 Å². The van der Waals surface area contributed by atoms with Crippen molar-refractivity contribution in [2.75, 3.05) is 18.0 Å². The van der Waals surface area contributed by atoms with E-state index in [0.29, 0.717) is 25.9 Å². The molecule has 3 nitrogen and oxygen atoms in total. The Bertz CT molecular complexity index is 948. The minimum Gasteiger partial charge on any atom is -0.366 e. The van der Waals surface area contributed by atoms with Crippen molar-refractivity contribution in [3.63, 3.8) is 0 Å². The molecule has 1 saturated heterocycles. The van der Waals surface area contributed by atoms with Crippen LogP contribution in [0.2, 0.25) is 0 Å². The molecule has 0 radical (unpaired) electrons. The highest BCUT2D eigenvalue weighted by Gasteiger charge is 2.30. The highest BCUT2D eigenvalue weighted by atomic mass is 19.2. The molecule has 1 aromatic carbocycles. The van der Waals surface area contributed by atoms with Gasteiger partial charge in [0.15, 0.2) is 0 Å². The molecule has 0 aliphatic carbocycles. The monoisotopic (exact) mass is 363 g/mol. The van der Waals surface area contributed by atoms with Crippen molar-refractivity contribution in [1.82, 2.24) is 9.97 Å². The van der Waals surface area contributed by atoms with Crippen molar-refractivity contribution < 1.29 is 17.6 Å². The van der Waals surface area contributed by atoms with E-state index in [1.165, 1.54) is 10.5 Å². The van der Waals surface area contributed by atoms with E-state index in [0.717, 1.165) is 16.6 Å². The topological polar surface area (TPSA) is 31.9 Å². The molecule has 26 heavy (non-hydrogen) atoms. The standard InChI is InChI=1S/C19H17F4N3/c1-10-14(12-4-2-3-5-13(12)24-10)11-6-8-26(9-7-11)17-15(20)18(22)25-19(23)16(17)21/h2-5,11,24H,6-9H2,1H3. The zero-order chi connectivity index (χ0) is 18.4. The lowest BCUT2D eigenvalue weighted by atomic mass is 9.87. The van der Waals surface area contributed by atoms with E-state index in [4.69, 9.17) is 0 Å². The van der Waals surface area contributed by atoms with E-state index >= 15 is 0 Å². The molecule has 136 valence electrons. The molecule has 1 N–H and O–H groups in total. The van der Waals surface area contributed by atoms with Crippen LogP contribution in [0.25, 0.3) is 10.9 Å². The highest BCUT2D eigenvalue weighted by molar-refractivity contribution is 5.85. The van der Waals surface area contributed by atoms with E-state index in [-0.39, 0.29) is 5.92 Å². The molecule has 1 aliphatic heterocycles. The van der Waals surface area contributed by atoms with Crippen molar-refractivity contribution in [2.24, 2.45) is 0 Å². The first-order chi connectivity index (χ1) is 12.5. The third kappa shape index (κ3) is 2.62. The maximum Gasteiger partial charge on any atom is 0.253 e. The third-order valence-corrected chi connectivity index (χ3v) is 5.14. The van der Waals surface area contributed by atoms with Crippen molar-refractivity contribution in [1.29, 1.82) is 0 Å². The predicted octanol–water partition coefficient (Wildman–Crippen LogP) is 4.81. The summed E-state index contributed by atoms with van der Waals surface area (Å²) >= 11 is 0. The molecular weight excluding hydrogens is 346 g/mol. The number of nitrogens with zero attached hydrogens (tertiary/aromatic N) is 2. The zero-order valence-corrected chi connectivity index (χ0v) is 14.1. The van der Waals surface area contributed by atoms with Crippen molar-refractivity contribution >= 4 is 16.6 Å². The SMILES string of the molecule is Cc1[nH]c2ccccc2c1C1CCN(c2c(F)c(F)nc(F)c2F)CC1. The number of halogens is 4. The van der Waals surface area contributed by atoms with Crippen LogP contribution < -0.4 is 4.90 Å². The van der Waals surface area contributed by atoms with Crippen LogP contribution in [-0.4, -0.2) is 23.1 Å². The number of rotatable bonds is 2. The van der Waals surface area contributed by atoms with E-state index < -0.39 is 29.2 Å². The Labute approximate surface area is 147 Å². The lowest BCUT2D eigenvalue weighted by Crippen LogP contribution is -2.35. The van der Waals surface area contributed by atoms with Gasteiger partial charge in [-0.15, -0.1) is 0 Å². The normalized spacial score (nSPS) is 15.8. The second kappa shape index (κ2) is 6.30. The molecule has 0 bridgehead atoms. The Hall–Kier alpha value is -2.57. The number of H-pyrrole nitrogens is 1. The fraction of sp³-hybridized carbons (Fsp3) is 0.316. The summed E-state index contributed by atoms with van der Waals surface area (Å²) in [5.41, 5.74) is 2.66. The van der Waals surface area contributed by atoms with Gasteiger partial charge in [0.1, 0.15) is 5.69 Å². The van der Waals surface area contributed by atoms with Gasteiger partial charge in [0.25, 0.3) is 11.9 Å². The quantitative estimate of drug-likeness (QED) is 0.523. The maximum atomic E-state index is 14.0. The number of piperidine rings is 1. The molecule has 7 heteroatoms. The van der Waals surface area contributed by atoms with E-state index in [1.54, 1.807) is 0 Å². The number of para-hydroxylation sites is 1. The Balaban J connectivity index is 1.61. The van der Waals surface area contributed by atoms with E-state index in [1.807, 2.05) is 31.2 Å². The predicted molar refractivity (Wildman–Crippen MR) is 91.3 cm³/mol. The Kier molecular flexibility index (Phi) is 4.09. The van der Waals surface area contributed by atoms with Gasteiger partial charge in [-0.05, 0) is 37.3 Å². The molecular formula is C19H17F4N3. The number of pyridine rings is 1. The molecule has 0 amide bonds. The molecule has 3 heterocycles. The number of benzene rings is 1. The second-order valence-electron chi connectivity index (χ2n) is 6.64. The summed E-state index contributed by atoms with van der Waals surface area (Å²) in [4.78, 5) is 7.34. The number of aromatic nitrogens is 2. The Morgan fingerprint density at radius 2 is 1.62 bits per heavy atom. The van der Waals surface area contributed by atoms with Crippen molar-refractivity contribution in [3.05, 3.63) is 59.1 Å². The smallest absolute Gasteiger partial charge is 0.253 e. The summed E-state index contributed by atoms with van der Waals surface area (Å²) in [7, 11) is 0. The zero-order valence-electron chi connectivity index (χ0n) is 14.1. The molecule has 4 rings (SSSR count). The van der Waals surface area contributed by atoms with E-state index in [2.05, 4.69) is 9.97 Å². The summed E-state index contributed by atoms with van der Waals surface area (Å²) in [6, 6.07) is 7.99. The number of aromatic amines is 1. The minimum atomic E-state index is -1.62. The van der Waals surface area contributed by atoms with Crippen LogP contribution in [0.5, 0.6) is 0 Å². The van der Waals surface area contributed by atoms with Gasteiger partial charge in [0, 0.05) is 29.7 Å². The molecule has 0 unspecified atom stereocenters. The summed E-state index contributed by atoms with van der Waals surface area (Å²) in [6.45, 7) is 2.62. The molecule has 2 aromatic heterocycles. The van der Waals surface area contributed by atoms with Crippen LogP contribution in [0.4, 0.5) is 23.2 Å². The number of fused-ring (bicyclic) bond motifs is 1. The molecule has 0 saturated carbocycles. The average Bonchev–Trinajstić information content (AvgIpc) is 2.97. The van der Waals surface area contributed by atoms with Gasteiger partial charge in [-0.25, -0.2) is 0 Å². The molecule has 1 aliphatic rings. The molecule has 1 fully saturated rings. The minimum absolute atomic E-state index is 0.213. The van der Waals surface area contributed by atoms with Gasteiger partial charge in [-0.2, -0.15) is 22.5 Å². The number of anilines is 1. The fourth-order valence-electron chi connectivity index (χ4n) is 3.97. The van der Waals surface area contributed by atoms with E-state index in [9.17, 15) is 17.6 Å². The fourth-order valence-corrected chi connectivity index (χ4v) is 3.97. The van der Waals surface area contributed by atoms with Crippen molar-refractivity contribution in [3.8, 4) is 0 Å². The number of hydrogen-bond donors (Lipinski definition) is 1. The third-order valence-electron chi connectivity index (χ3n) is 5.14. The van der Waals surface area contributed by atoms with Crippen LogP contribution in [-0.2, 0) is 0 Å². The first-order valence-electron chi connectivity index (χ1n) is 8.49. The van der Waals surface area contributed by atoms with Gasteiger partial charge in [-0.3, -0.25) is 0 Å². The average molecular weight is 363 g/mol. The molecule has 3 aromatic rings. The van der Waals surface area contributed by atoms with Crippen LogP contribution in [0.3, 0.4) is 0 Å². The molecule has 0 spiro atoms. The first-order valence-corrected chi connectivity index (χ1v) is 8.49. The Morgan fingerprint density at radius 1 is 1.00 bits per heavy atom. The number of hydrogen-bond acceptors (Lipinski definition) is 2. The van der Waals surface area contributed by atoms with Gasteiger partial charge in [-0.1, -0.05) is 18.2 Å². The van der Waals surface area contributed by atoms with Crippen LogP contribution in [0.1, 0.15) is 30.0 Å². The molecule has 0 atom stereocenters. The van der Waals surface area contributed by atoms with Crippen LogP contribution >= 0.6 is 0 Å². The summed E-state index contributed by atoms with van der Waals surface area (Å²) < 4.78 is 54.7. The lowest BCUT2D eigenvalue weighted by Gasteiger charge is -2.34. The number of nitrogens with one attached hydrogen (secondary N) is 1. The van der Waals surface area contributed by atoms with Gasteiger partial charge in [0.05, 0.1) is 0 Å². The first kappa shape index (κ1) is 16.9. The largest absolute Gasteiger partial charge is 0.366 e. The summed E-state index contributed by atoms with van der Waals surface area (Å²) in [5.74, 6) is -5.90. The van der Waals surface area contributed by atoms with Crippen LogP contribution in [0, 0.1) is 30.5 Å². The second-order valence-corrected chi connectivity index (χ2v) is 6.64. The maximum absolute atomic E-state index is 14.0. The highest BCUT2D eigenvalue weighted by Crippen LogP contribution is 2.38. The van der Waals surface area contributed by atoms with Gasteiger partial charge < -0.3 is 9.88 Å². The summed E-state index contributed by atoms with van der Waals surface area (Å²) in [6.07, 6.45) is 1.26. The lowest BCUT2D eigenvalue weighted by molar-refractivity contribution is 0.399. The summed E-state index contributed by atoms with van der Waals surface area (Å²) in [5, 5.41) is 1.14. The van der Waals surface area contributed by atoms with Gasteiger partial charge >= 0.3 is 0 Å².